The third kappa shape index (κ3) is 3.30. The summed E-state index contributed by atoms with van der Waals surface area (Å²) in [5, 5.41) is 4.30. The van der Waals surface area contributed by atoms with Crippen molar-refractivity contribution in [3.63, 3.8) is 0 Å². The second-order valence-electron chi connectivity index (χ2n) is 8.51. The van der Waals surface area contributed by atoms with E-state index in [-0.39, 0.29) is 17.4 Å². The number of fused-ring (bicyclic) bond motifs is 4. The Hall–Kier alpha value is -2.01. The zero-order valence-electron chi connectivity index (χ0n) is 16.6. The Bertz CT molecular complexity index is 898. The summed E-state index contributed by atoms with van der Waals surface area (Å²) in [5.41, 5.74) is 1.39. The van der Waals surface area contributed by atoms with Crippen LogP contribution < -0.4 is 5.32 Å². The van der Waals surface area contributed by atoms with Crippen molar-refractivity contribution in [2.24, 2.45) is 11.3 Å². The smallest absolute Gasteiger partial charge is 0.328 e. The number of amides is 2. The first-order valence-corrected chi connectivity index (χ1v) is 10.6. The number of hydrogen-bond acceptors (Lipinski definition) is 2. The van der Waals surface area contributed by atoms with Crippen LogP contribution in [0, 0.1) is 11.3 Å². The van der Waals surface area contributed by atoms with Gasteiger partial charge in [0.05, 0.1) is 16.1 Å². The van der Waals surface area contributed by atoms with Crippen LogP contribution in [0.1, 0.15) is 55.8 Å². The van der Waals surface area contributed by atoms with Gasteiger partial charge in [0.25, 0.3) is 5.91 Å². The summed E-state index contributed by atoms with van der Waals surface area (Å²) in [6.45, 7) is 3.21. The molecule has 2 aromatic rings. The molecular weight excluding hydrogens is 374 g/mol. The lowest BCUT2D eigenvalue weighted by molar-refractivity contribution is 0.0598. The first-order chi connectivity index (χ1) is 13.4. The van der Waals surface area contributed by atoms with Gasteiger partial charge in [-0.25, -0.2) is 4.79 Å². The van der Waals surface area contributed by atoms with Crippen LogP contribution >= 0.6 is 11.6 Å². The Morgan fingerprint density at radius 1 is 1.25 bits per heavy atom. The average molecular weight is 402 g/mol. The number of rotatable bonds is 4. The molecule has 150 valence electrons. The molecule has 6 heteroatoms. The van der Waals surface area contributed by atoms with Gasteiger partial charge in [-0.1, -0.05) is 17.7 Å². The first kappa shape index (κ1) is 19.3. The number of halogens is 1. The van der Waals surface area contributed by atoms with Crippen molar-refractivity contribution in [3.05, 3.63) is 35.0 Å². The van der Waals surface area contributed by atoms with Crippen molar-refractivity contribution in [2.75, 3.05) is 20.1 Å². The van der Waals surface area contributed by atoms with E-state index in [2.05, 4.69) is 5.32 Å². The van der Waals surface area contributed by atoms with Gasteiger partial charge in [-0.15, -0.1) is 0 Å². The summed E-state index contributed by atoms with van der Waals surface area (Å²) >= 11 is 6.43. The molecule has 2 amide bonds. The topological polar surface area (TPSA) is 54.3 Å². The van der Waals surface area contributed by atoms with Crippen LogP contribution in [-0.4, -0.2) is 41.5 Å². The quantitative estimate of drug-likeness (QED) is 0.790. The van der Waals surface area contributed by atoms with E-state index < -0.39 is 0 Å². The van der Waals surface area contributed by atoms with Gasteiger partial charge < -0.3 is 10.2 Å². The molecule has 0 saturated heterocycles. The van der Waals surface area contributed by atoms with Crippen LogP contribution in [0.15, 0.2) is 24.4 Å². The molecule has 5 rings (SSSR count). The standard InChI is InChI=1S/C22H28ClN3O2/c1-3-25(2)21(28)26-13-16(19-17(23)5-4-6-18(19)26)20(27)24-14-22-10-7-15(8-11-22)9-12-22/h4-6,13,15H,3,7-12,14H2,1-2H3,(H,24,27). The van der Waals surface area contributed by atoms with Gasteiger partial charge in [-0.3, -0.25) is 9.36 Å². The van der Waals surface area contributed by atoms with Crippen LogP contribution in [0.25, 0.3) is 10.9 Å². The van der Waals surface area contributed by atoms with Crippen molar-refractivity contribution < 1.29 is 9.59 Å². The molecule has 1 N–H and O–H groups in total. The normalized spacial score (nSPS) is 23.8. The van der Waals surface area contributed by atoms with E-state index in [1.54, 1.807) is 24.2 Å². The largest absolute Gasteiger partial charge is 0.351 e. The second kappa shape index (κ2) is 7.43. The van der Waals surface area contributed by atoms with E-state index >= 15 is 0 Å². The molecule has 2 bridgehead atoms. The minimum absolute atomic E-state index is 0.147. The fourth-order valence-corrected chi connectivity index (χ4v) is 5.13. The Morgan fingerprint density at radius 3 is 2.57 bits per heavy atom. The van der Waals surface area contributed by atoms with E-state index in [0.29, 0.717) is 34.6 Å². The minimum Gasteiger partial charge on any atom is -0.351 e. The highest BCUT2D eigenvalue weighted by Gasteiger charge is 2.40. The molecule has 0 aliphatic heterocycles. The number of hydrogen-bond donors (Lipinski definition) is 1. The maximum atomic E-state index is 13.1. The van der Waals surface area contributed by atoms with Crippen LogP contribution in [0.3, 0.4) is 0 Å². The lowest BCUT2D eigenvalue weighted by Crippen LogP contribution is -2.43. The molecule has 3 saturated carbocycles. The molecule has 1 heterocycles. The van der Waals surface area contributed by atoms with Gasteiger partial charge in [0.1, 0.15) is 0 Å². The van der Waals surface area contributed by atoms with Crippen molar-refractivity contribution >= 4 is 34.4 Å². The molecule has 0 unspecified atom stereocenters. The fraction of sp³-hybridized carbons (Fsp3) is 0.545. The van der Waals surface area contributed by atoms with E-state index in [4.69, 9.17) is 11.6 Å². The van der Waals surface area contributed by atoms with Crippen molar-refractivity contribution in [2.45, 2.75) is 45.4 Å². The van der Waals surface area contributed by atoms with Crippen LogP contribution in [-0.2, 0) is 0 Å². The first-order valence-electron chi connectivity index (χ1n) is 10.3. The predicted molar refractivity (Wildman–Crippen MR) is 112 cm³/mol. The van der Waals surface area contributed by atoms with Crippen LogP contribution in [0.4, 0.5) is 4.79 Å². The highest BCUT2D eigenvalue weighted by molar-refractivity contribution is 6.37. The lowest BCUT2D eigenvalue weighted by atomic mass is 9.61. The summed E-state index contributed by atoms with van der Waals surface area (Å²) in [4.78, 5) is 27.5. The number of benzene rings is 1. The molecule has 1 aromatic carbocycles. The van der Waals surface area contributed by atoms with Gasteiger partial charge in [-0.05, 0) is 68.9 Å². The number of aromatic nitrogens is 1. The highest BCUT2D eigenvalue weighted by Crippen LogP contribution is 2.49. The lowest BCUT2D eigenvalue weighted by Gasteiger charge is -2.46. The van der Waals surface area contributed by atoms with Gasteiger partial charge in [-0.2, -0.15) is 0 Å². The van der Waals surface area contributed by atoms with Gasteiger partial charge >= 0.3 is 6.03 Å². The third-order valence-electron chi connectivity index (χ3n) is 6.90. The maximum Gasteiger partial charge on any atom is 0.328 e. The summed E-state index contributed by atoms with van der Waals surface area (Å²) < 4.78 is 1.53. The molecule has 0 radical (unpaired) electrons. The zero-order valence-corrected chi connectivity index (χ0v) is 17.4. The molecule has 5 nitrogen and oxygen atoms in total. The van der Waals surface area contributed by atoms with Gasteiger partial charge in [0.2, 0.25) is 0 Å². The molecule has 28 heavy (non-hydrogen) atoms. The predicted octanol–water partition coefficient (Wildman–Crippen LogP) is 4.91. The molecular formula is C22H28ClN3O2. The van der Waals surface area contributed by atoms with E-state index in [9.17, 15) is 9.59 Å². The zero-order chi connectivity index (χ0) is 19.9. The highest BCUT2D eigenvalue weighted by atomic mass is 35.5. The molecule has 3 aliphatic rings. The third-order valence-corrected chi connectivity index (χ3v) is 7.22. The van der Waals surface area contributed by atoms with Crippen LogP contribution in [0.5, 0.6) is 0 Å². The van der Waals surface area contributed by atoms with E-state index in [1.165, 1.54) is 43.1 Å². The molecule has 3 aliphatic carbocycles. The van der Waals surface area contributed by atoms with Crippen molar-refractivity contribution in [3.8, 4) is 0 Å². The minimum atomic E-state index is -0.169. The number of carbonyl (C=O) groups excluding carboxylic acids is 2. The fourth-order valence-electron chi connectivity index (χ4n) is 4.86. The van der Waals surface area contributed by atoms with Crippen molar-refractivity contribution in [1.29, 1.82) is 0 Å². The molecule has 0 atom stereocenters. The molecule has 0 spiro atoms. The van der Waals surface area contributed by atoms with Gasteiger partial charge in [0, 0.05) is 31.7 Å². The SMILES string of the molecule is CCN(C)C(=O)n1cc(C(=O)NCC23CCC(CC2)CC3)c2c(Cl)cccc21. The summed E-state index contributed by atoms with van der Waals surface area (Å²) in [6.07, 6.45) is 9.13. The molecule has 1 aromatic heterocycles. The van der Waals surface area contributed by atoms with Crippen LogP contribution in [0.2, 0.25) is 5.02 Å². The second-order valence-corrected chi connectivity index (χ2v) is 8.92. The summed E-state index contributed by atoms with van der Waals surface area (Å²) in [7, 11) is 1.75. The molecule has 3 fully saturated rings. The van der Waals surface area contributed by atoms with E-state index in [1.807, 2.05) is 19.1 Å². The average Bonchev–Trinajstić information content (AvgIpc) is 3.13. The van der Waals surface area contributed by atoms with E-state index in [0.717, 1.165) is 5.92 Å². The summed E-state index contributed by atoms with van der Waals surface area (Å²) in [6, 6.07) is 5.24. The monoisotopic (exact) mass is 401 g/mol. The number of nitrogens with zero attached hydrogens (tertiary/aromatic N) is 2. The summed E-state index contributed by atoms with van der Waals surface area (Å²) in [5.74, 6) is 0.752. The number of carbonyl (C=O) groups is 2. The Labute approximate surface area is 171 Å². The number of nitrogens with one attached hydrogen (secondary N) is 1. The Balaban J connectivity index is 1.62. The Morgan fingerprint density at radius 2 is 1.93 bits per heavy atom. The maximum absolute atomic E-state index is 13.1. The van der Waals surface area contributed by atoms with Crippen molar-refractivity contribution in [1.82, 2.24) is 14.8 Å². The Kier molecular flexibility index (Phi) is 5.13. The van der Waals surface area contributed by atoms with Gasteiger partial charge in [0.15, 0.2) is 0 Å².